The molecule has 0 radical (unpaired) electrons. The summed E-state index contributed by atoms with van der Waals surface area (Å²) in [6.07, 6.45) is 3.43. The van der Waals surface area contributed by atoms with Gasteiger partial charge in [-0.15, -0.1) is 11.3 Å². The van der Waals surface area contributed by atoms with E-state index in [2.05, 4.69) is 30.2 Å². The van der Waals surface area contributed by atoms with Gasteiger partial charge in [-0.2, -0.15) is 5.26 Å². The summed E-state index contributed by atoms with van der Waals surface area (Å²) in [5.41, 5.74) is 0. The third kappa shape index (κ3) is 3.44. The fraction of sp³-hybridized carbons (Fsp3) is 0.600. The van der Waals surface area contributed by atoms with Crippen molar-refractivity contribution in [3.63, 3.8) is 0 Å². The van der Waals surface area contributed by atoms with Crippen LogP contribution in [0.4, 0.5) is 0 Å². The lowest BCUT2D eigenvalue weighted by Gasteiger charge is -2.09. The highest BCUT2D eigenvalue weighted by Crippen LogP contribution is 2.18. The molecular formula is C10H15N3S. The van der Waals surface area contributed by atoms with Crippen molar-refractivity contribution < 1.29 is 0 Å². The molecule has 1 heterocycles. The van der Waals surface area contributed by atoms with E-state index in [1.54, 1.807) is 11.3 Å². The predicted octanol–water partition coefficient (Wildman–Crippen LogP) is 2.41. The molecule has 0 fully saturated rings. The van der Waals surface area contributed by atoms with Crippen molar-refractivity contribution in [1.29, 1.82) is 5.26 Å². The van der Waals surface area contributed by atoms with Gasteiger partial charge in [-0.25, -0.2) is 4.98 Å². The standard InChI is InChI=1S/C10H15N3S/c1-8-7-13-10(14-8)9(2)12-6-4-3-5-11/h7,9,12H,3-4,6H2,1-2H3. The Labute approximate surface area is 88.8 Å². The van der Waals surface area contributed by atoms with Gasteiger partial charge in [-0.3, -0.25) is 0 Å². The third-order valence-electron chi connectivity index (χ3n) is 1.93. The van der Waals surface area contributed by atoms with Crippen LogP contribution in [-0.4, -0.2) is 11.5 Å². The van der Waals surface area contributed by atoms with Crippen LogP contribution in [0, 0.1) is 18.3 Å². The maximum Gasteiger partial charge on any atom is 0.109 e. The van der Waals surface area contributed by atoms with Gasteiger partial charge in [0.1, 0.15) is 5.01 Å². The monoisotopic (exact) mass is 209 g/mol. The average molecular weight is 209 g/mol. The number of aryl methyl sites for hydroxylation is 1. The number of aromatic nitrogens is 1. The van der Waals surface area contributed by atoms with Crippen LogP contribution in [0.3, 0.4) is 0 Å². The lowest BCUT2D eigenvalue weighted by Crippen LogP contribution is -2.19. The number of unbranched alkanes of at least 4 members (excludes halogenated alkanes) is 1. The Morgan fingerprint density at radius 3 is 3.07 bits per heavy atom. The van der Waals surface area contributed by atoms with E-state index in [9.17, 15) is 0 Å². The Kier molecular flexibility index (Phi) is 4.57. The van der Waals surface area contributed by atoms with Crippen LogP contribution >= 0.6 is 11.3 Å². The highest BCUT2D eigenvalue weighted by molar-refractivity contribution is 7.11. The first-order valence-electron chi connectivity index (χ1n) is 4.76. The summed E-state index contributed by atoms with van der Waals surface area (Å²) in [5.74, 6) is 0. The molecule has 14 heavy (non-hydrogen) atoms. The van der Waals surface area contributed by atoms with Crippen LogP contribution in [0.15, 0.2) is 6.20 Å². The first-order chi connectivity index (χ1) is 6.74. The van der Waals surface area contributed by atoms with Crippen LogP contribution in [0.2, 0.25) is 0 Å². The summed E-state index contributed by atoms with van der Waals surface area (Å²) in [6, 6.07) is 2.43. The van der Waals surface area contributed by atoms with Gasteiger partial charge < -0.3 is 5.32 Å². The van der Waals surface area contributed by atoms with Crippen molar-refractivity contribution in [3.05, 3.63) is 16.1 Å². The van der Waals surface area contributed by atoms with E-state index in [-0.39, 0.29) is 0 Å². The molecule has 76 valence electrons. The summed E-state index contributed by atoms with van der Waals surface area (Å²) in [4.78, 5) is 5.55. The van der Waals surface area contributed by atoms with Crippen LogP contribution in [0.5, 0.6) is 0 Å². The molecule has 1 rings (SSSR count). The molecule has 1 aromatic rings. The number of nitrogens with one attached hydrogen (secondary N) is 1. The molecule has 0 aliphatic heterocycles. The summed E-state index contributed by atoms with van der Waals surface area (Å²) in [5, 5.41) is 12.8. The van der Waals surface area contributed by atoms with Gasteiger partial charge >= 0.3 is 0 Å². The lowest BCUT2D eigenvalue weighted by molar-refractivity contribution is 0.559. The van der Waals surface area contributed by atoms with E-state index >= 15 is 0 Å². The first kappa shape index (κ1) is 11.2. The number of nitriles is 1. The summed E-state index contributed by atoms with van der Waals surface area (Å²) >= 11 is 1.72. The topological polar surface area (TPSA) is 48.7 Å². The van der Waals surface area contributed by atoms with Gasteiger partial charge in [0.15, 0.2) is 0 Å². The highest BCUT2D eigenvalue weighted by Gasteiger charge is 2.07. The van der Waals surface area contributed by atoms with E-state index in [0.717, 1.165) is 18.0 Å². The van der Waals surface area contributed by atoms with Gasteiger partial charge in [-0.1, -0.05) is 0 Å². The molecule has 0 aliphatic rings. The number of thiazole rings is 1. The fourth-order valence-electron chi connectivity index (χ4n) is 1.15. The third-order valence-corrected chi connectivity index (χ3v) is 3.02. The lowest BCUT2D eigenvalue weighted by atomic mass is 10.3. The summed E-state index contributed by atoms with van der Waals surface area (Å²) in [6.45, 7) is 5.04. The maximum atomic E-state index is 8.36. The molecule has 0 saturated carbocycles. The Morgan fingerprint density at radius 1 is 1.71 bits per heavy atom. The van der Waals surface area contributed by atoms with Crippen LogP contribution in [-0.2, 0) is 0 Å². The van der Waals surface area contributed by atoms with Crippen molar-refractivity contribution in [2.45, 2.75) is 32.7 Å². The second-order valence-electron chi connectivity index (χ2n) is 3.25. The predicted molar refractivity (Wildman–Crippen MR) is 58.1 cm³/mol. The van der Waals surface area contributed by atoms with E-state index in [4.69, 9.17) is 5.26 Å². The van der Waals surface area contributed by atoms with Gasteiger partial charge in [-0.05, 0) is 26.8 Å². The van der Waals surface area contributed by atoms with E-state index in [0.29, 0.717) is 12.5 Å². The number of rotatable bonds is 5. The Bertz CT molecular complexity index is 313. The van der Waals surface area contributed by atoms with E-state index in [1.165, 1.54) is 4.88 Å². The highest BCUT2D eigenvalue weighted by atomic mass is 32.1. The number of nitrogens with zero attached hydrogens (tertiary/aromatic N) is 2. The van der Waals surface area contributed by atoms with Gasteiger partial charge in [0.05, 0.1) is 12.1 Å². The van der Waals surface area contributed by atoms with Crippen LogP contribution in [0.1, 0.15) is 35.7 Å². The van der Waals surface area contributed by atoms with Crippen molar-refractivity contribution in [3.8, 4) is 6.07 Å². The normalized spacial score (nSPS) is 12.4. The largest absolute Gasteiger partial charge is 0.308 e. The van der Waals surface area contributed by atoms with Gasteiger partial charge in [0.25, 0.3) is 0 Å². The molecule has 1 aromatic heterocycles. The molecule has 1 N–H and O–H groups in total. The van der Waals surface area contributed by atoms with Gasteiger partial charge in [0.2, 0.25) is 0 Å². The maximum absolute atomic E-state index is 8.36. The minimum absolute atomic E-state index is 0.299. The molecule has 1 unspecified atom stereocenters. The summed E-state index contributed by atoms with van der Waals surface area (Å²) < 4.78 is 0. The SMILES string of the molecule is Cc1cnc(C(C)NCCCC#N)s1. The van der Waals surface area contributed by atoms with Gasteiger partial charge in [0, 0.05) is 17.5 Å². The zero-order chi connectivity index (χ0) is 10.4. The zero-order valence-electron chi connectivity index (χ0n) is 8.58. The molecule has 0 amide bonds. The molecule has 0 aliphatic carbocycles. The molecular weight excluding hydrogens is 194 g/mol. The summed E-state index contributed by atoms with van der Waals surface area (Å²) in [7, 11) is 0. The quantitative estimate of drug-likeness (QED) is 0.757. The molecule has 0 aromatic carbocycles. The van der Waals surface area contributed by atoms with Crippen molar-refractivity contribution in [2.24, 2.45) is 0 Å². The van der Waals surface area contributed by atoms with Crippen molar-refractivity contribution >= 4 is 11.3 Å². The Balaban J connectivity index is 2.29. The molecule has 0 bridgehead atoms. The fourth-order valence-corrected chi connectivity index (χ4v) is 1.95. The van der Waals surface area contributed by atoms with E-state index in [1.807, 2.05) is 6.20 Å². The van der Waals surface area contributed by atoms with Crippen molar-refractivity contribution in [1.82, 2.24) is 10.3 Å². The van der Waals surface area contributed by atoms with E-state index < -0.39 is 0 Å². The average Bonchev–Trinajstić information content (AvgIpc) is 2.59. The molecule has 3 nitrogen and oxygen atoms in total. The van der Waals surface area contributed by atoms with Crippen LogP contribution < -0.4 is 5.32 Å². The molecule has 4 heteroatoms. The van der Waals surface area contributed by atoms with Crippen molar-refractivity contribution in [2.75, 3.05) is 6.54 Å². The molecule has 1 atom stereocenters. The zero-order valence-corrected chi connectivity index (χ0v) is 9.40. The smallest absolute Gasteiger partial charge is 0.109 e. The molecule has 0 saturated heterocycles. The van der Waals surface area contributed by atoms with Crippen LogP contribution in [0.25, 0.3) is 0 Å². The minimum atomic E-state index is 0.299. The second-order valence-corrected chi connectivity index (χ2v) is 4.51. The second kappa shape index (κ2) is 5.74. The molecule has 0 spiro atoms. The number of hydrogen-bond acceptors (Lipinski definition) is 4. The minimum Gasteiger partial charge on any atom is -0.308 e. The number of hydrogen-bond donors (Lipinski definition) is 1. The first-order valence-corrected chi connectivity index (χ1v) is 5.58. The Morgan fingerprint density at radius 2 is 2.50 bits per heavy atom. The Hall–Kier alpha value is -0.920.